The second kappa shape index (κ2) is 7.74. The van der Waals surface area contributed by atoms with Crippen LogP contribution in [0.4, 0.5) is 0 Å². The van der Waals surface area contributed by atoms with Crippen LogP contribution in [0.1, 0.15) is 17.1 Å². The average molecular weight is 277 g/mol. The molecule has 2 rings (SSSR count). The van der Waals surface area contributed by atoms with E-state index >= 15 is 0 Å². The molecular formula is C14H19N3O3. The zero-order valence-corrected chi connectivity index (χ0v) is 11.5. The molecule has 0 saturated heterocycles. The highest BCUT2D eigenvalue weighted by molar-refractivity contribution is 5.00. The van der Waals surface area contributed by atoms with Crippen molar-refractivity contribution in [3.8, 4) is 0 Å². The van der Waals surface area contributed by atoms with E-state index in [0.717, 1.165) is 17.1 Å². The second-order valence-corrected chi connectivity index (χ2v) is 4.53. The highest BCUT2D eigenvalue weighted by Gasteiger charge is 2.05. The van der Waals surface area contributed by atoms with Crippen LogP contribution in [0, 0.1) is 6.92 Å². The van der Waals surface area contributed by atoms with Crippen molar-refractivity contribution >= 4 is 0 Å². The maximum Gasteiger partial charge on any atom is 0.129 e. The van der Waals surface area contributed by atoms with E-state index in [2.05, 4.69) is 15.3 Å². The minimum Gasteiger partial charge on any atom is -0.467 e. The van der Waals surface area contributed by atoms with E-state index in [1.807, 2.05) is 13.0 Å². The molecule has 0 aliphatic carbocycles. The molecule has 2 aromatic heterocycles. The van der Waals surface area contributed by atoms with Crippen molar-refractivity contribution in [2.24, 2.45) is 0 Å². The Balaban J connectivity index is 1.58. The van der Waals surface area contributed by atoms with Crippen molar-refractivity contribution < 1.29 is 14.3 Å². The van der Waals surface area contributed by atoms with E-state index in [9.17, 15) is 5.11 Å². The van der Waals surface area contributed by atoms with Gasteiger partial charge in [0, 0.05) is 25.5 Å². The van der Waals surface area contributed by atoms with Gasteiger partial charge in [0.1, 0.15) is 12.4 Å². The van der Waals surface area contributed by atoms with Gasteiger partial charge in [-0.05, 0) is 19.1 Å². The Morgan fingerprint density at radius 2 is 2.30 bits per heavy atom. The third-order valence-electron chi connectivity index (χ3n) is 2.66. The number of nitrogens with zero attached hydrogens (tertiary/aromatic N) is 2. The number of aromatic nitrogens is 2. The van der Waals surface area contributed by atoms with Crippen LogP contribution in [-0.2, 0) is 17.9 Å². The Morgan fingerprint density at radius 3 is 3.00 bits per heavy atom. The van der Waals surface area contributed by atoms with Crippen LogP contribution < -0.4 is 5.32 Å². The van der Waals surface area contributed by atoms with Crippen molar-refractivity contribution in [2.75, 3.05) is 13.2 Å². The van der Waals surface area contributed by atoms with Gasteiger partial charge in [-0.15, -0.1) is 0 Å². The van der Waals surface area contributed by atoms with Gasteiger partial charge in [0.15, 0.2) is 0 Å². The number of hydrogen-bond acceptors (Lipinski definition) is 6. The lowest BCUT2D eigenvalue weighted by atomic mass is 10.3. The summed E-state index contributed by atoms with van der Waals surface area (Å²) in [6.07, 6.45) is 4.48. The molecule has 20 heavy (non-hydrogen) atoms. The summed E-state index contributed by atoms with van der Waals surface area (Å²) in [6, 6.07) is 3.64. The molecule has 0 bridgehead atoms. The fourth-order valence-electron chi connectivity index (χ4n) is 1.63. The lowest BCUT2D eigenvalue weighted by Crippen LogP contribution is -2.30. The van der Waals surface area contributed by atoms with Gasteiger partial charge in [0.05, 0.1) is 30.4 Å². The number of aliphatic hydroxyl groups is 1. The lowest BCUT2D eigenvalue weighted by Gasteiger charge is -2.11. The molecule has 2 heterocycles. The average Bonchev–Trinajstić information content (AvgIpc) is 2.94. The first-order valence-electron chi connectivity index (χ1n) is 6.50. The van der Waals surface area contributed by atoms with E-state index < -0.39 is 6.10 Å². The SMILES string of the molecule is Cc1cnc(CNCC(O)COCc2ccco2)cn1. The zero-order chi connectivity index (χ0) is 14.2. The summed E-state index contributed by atoms with van der Waals surface area (Å²) in [4.78, 5) is 8.38. The quantitative estimate of drug-likeness (QED) is 0.750. The molecule has 1 unspecified atom stereocenters. The molecule has 0 aliphatic heterocycles. The molecule has 6 heteroatoms. The highest BCUT2D eigenvalue weighted by Crippen LogP contribution is 2.02. The number of aryl methyl sites for hydroxylation is 1. The summed E-state index contributed by atoms with van der Waals surface area (Å²) >= 11 is 0. The molecule has 0 radical (unpaired) electrons. The van der Waals surface area contributed by atoms with Crippen LogP contribution in [0.5, 0.6) is 0 Å². The fourth-order valence-corrected chi connectivity index (χ4v) is 1.63. The predicted octanol–water partition coefficient (Wildman–Crippen LogP) is 1.05. The van der Waals surface area contributed by atoms with Crippen LogP contribution in [0.25, 0.3) is 0 Å². The van der Waals surface area contributed by atoms with Gasteiger partial charge in [-0.3, -0.25) is 9.97 Å². The Morgan fingerprint density at radius 1 is 1.40 bits per heavy atom. The molecule has 0 fully saturated rings. The molecular weight excluding hydrogens is 258 g/mol. The van der Waals surface area contributed by atoms with E-state index in [1.165, 1.54) is 0 Å². The third-order valence-corrected chi connectivity index (χ3v) is 2.66. The van der Waals surface area contributed by atoms with Crippen LogP contribution in [0.15, 0.2) is 35.2 Å². The minimum absolute atomic E-state index is 0.257. The molecule has 2 N–H and O–H groups in total. The number of furan rings is 1. The molecule has 0 spiro atoms. The molecule has 108 valence electrons. The highest BCUT2D eigenvalue weighted by atomic mass is 16.5. The Labute approximate surface area is 117 Å². The van der Waals surface area contributed by atoms with Crippen LogP contribution in [-0.4, -0.2) is 34.3 Å². The standard InChI is InChI=1S/C14H19N3O3/c1-11-5-17-12(7-16-11)6-15-8-13(18)9-19-10-14-3-2-4-20-14/h2-5,7,13,15,18H,6,8-10H2,1H3. The van der Waals surface area contributed by atoms with Gasteiger partial charge in [0.2, 0.25) is 0 Å². The summed E-state index contributed by atoms with van der Waals surface area (Å²) in [5.74, 6) is 0.750. The molecule has 0 aromatic carbocycles. The van der Waals surface area contributed by atoms with Crippen molar-refractivity contribution in [2.45, 2.75) is 26.2 Å². The first-order chi connectivity index (χ1) is 9.74. The van der Waals surface area contributed by atoms with Crippen LogP contribution in [0.2, 0.25) is 0 Å². The molecule has 2 aromatic rings. The number of rotatable bonds is 8. The molecule has 0 amide bonds. The fraction of sp³-hybridized carbons (Fsp3) is 0.429. The third kappa shape index (κ3) is 5.08. The lowest BCUT2D eigenvalue weighted by molar-refractivity contribution is 0.0225. The van der Waals surface area contributed by atoms with Crippen molar-refractivity contribution in [1.29, 1.82) is 0 Å². The largest absolute Gasteiger partial charge is 0.467 e. The maximum atomic E-state index is 9.75. The molecule has 0 aliphatic rings. The van der Waals surface area contributed by atoms with Gasteiger partial charge in [-0.2, -0.15) is 0 Å². The predicted molar refractivity (Wildman–Crippen MR) is 72.8 cm³/mol. The topological polar surface area (TPSA) is 80.4 Å². The summed E-state index contributed by atoms with van der Waals surface area (Å²) in [6.45, 7) is 3.53. The van der Waals surface area contributed by atoms with E-state index in [-0.39, 0.29) is 6.61 Å². The van der Waals surface area contributed by atoms with Gasteiger partial charge in [0.25, 0.3) is 0 Å². The number of nitrogens with one attached hydrogen (secondary N) is 1. The summed E-state index contributed by atoms with van der Waals surface area (Å²) in [7, 11) is 0. The Hall–Kier alpha value is -1.76. The van der Waals surface area contributed by atoms with Crippen molar-refractivity contribution in [1.82, 2.24) is 15.3 Å². The van der Waals surface area contributed by atoms with Gasteiger partial charge >= 0.3 is 0 Å². The van der Waals surface area contributed by atoms with Gasteiger partial charge in [-0.25, -0.2) is 0 Å². The Kier molecular flexibility index (Phi) is 5.67. The monoisotopic (exact) mass is 277 g/mol. The van der Waals surface area contributed by atoms with Crippen molar-refractivity contribution in [3.63, 3.8) is 0 Å². The summed E-state index contributed by atoms with van der Waals surface area (Å²) < 4.78 is 10.5. The van der Waals surface area contributed by atoms with Gasteiger partial charge < -0.3 is 19.6 Å². The Bertz CT molecular complexity index is 485. The molecule has 1 atom stereocenters. The van der Waals surface area contributed by atoms with E-state index in [4.69, 9.17) is 9.15 Å². The minimum atomic E-state index is -0.566. The zero-order valence-electron chi connectivity index (χ0n) is 11.5. The van der Waals surface area contributed by atoms with Crippen LogP contribution >= 0.6 is 0 Å². The molecule has 6 nitrogen and oxygen atoms in total. The number of hydrogen-bond donors (Lipinski definition) is 2. The summed E-state index contributed by atoms with van der Waals surface area (Å²) in [5, 5.41) is 12.9. The van der Waals surface area contributed by atoms with E-state index in [0.29, 0.717) is 19.7 Å². The maximum absolute atomic E-state index is 9.75. The van der Waals surface area contributed by atoms with Gasteiger partial charge in [-0.1, -0.05) is 0 Å². The molecule has 0 saturated carbocycles. The number of aliphatic hydroxyl groups excluding tert-OH is 1. The normalized spacial score (nSPS) is 12.5. The summed E-state index contributed by atoms with van der Waals surface area (Å²) in [5.41, 5.74) is 1.74. The van der Waals surface area contributed by atoms with E-state index in [1.54, 1.807) is 24.7 Å². The first-order valence-corrected chi connectivity index (χ1v) is 6.50. The second-order valence-electron chi connectivity index (χ2n) is 4.53. The first kappa shape index (κ1) is 14.6. The van der Waals surface area contributed by atoms with Crippen molar-refractivity contribution in [3.05, 3.63) is 47.9 Å². The van der Waals surface area contributed by atoms with Crippen LogP contribution in [0.3, 0.4) is 0 Å². The number of ether oxygens (including phenoxy) is 1. The smallest absolute Gasteiger partial charge is 0.129 e.